The molecule has 0 spiro atoms. The summed E-state index contributed by atoms with van der Waals surface area (Å²) in [5.41, 5.74) is 3.23. The van der Waals surface area contributed by atoms with E-state index in [1.165, 1.54) is 5.56 Å². The maximum atomic E-state index is 10.9. The number of ether oxygens (including phenoxy) is 1. The lowest BCUT2D eigenvalue weighted by Gasteiger charge is -2.25. The minimum Gasteiger partial charge on any atom is -0.497 e. The Morgan fingerprint density at radius 2 is 1.80 bits per heavy atom. The van der Waals surface area contributed by atoms with Crippen molar-refractivity contribution in [2.45, 2.75) is 31.3 Å². The molecule has 0 aliphatic heterocycles. The standard InChI is InChI=1S/C18H20O2/c1-13-12-15(20-2)8-9-16(13)17(19)18(10-11-18)14-6-4-3-5-7-14/h3-9,12,17,19H,10-11H2,1-2H3. The predicted octanol–water partition coefficient (Wildman–Crippen LogP) is 3.77. The van der Waals surface area contributed by atoms with Crippen molar-refractivity contribution >= 4 is 0 Å². The summed E-state index contributed by atoms with van der Waals surface area (Å²) in [5.74, 6) is 0.836. The van der Waals surface area contributed by atoms with E-state index in [1.807, 2.05) is 43.3 Å². The fourth-order valence-electron chi connectivity index (χ4n) is 3.00. The predicted molar refractivity (Wildman–Crippen MR) is 80.0 cm³/mol. The smallest absolute Gasteiger partial charge is 0.119 e. The Morgan fingerprint density at radius 1 is 1.10 bits per heavy atom. The number of aliphatic hydroxyl groups is 1. The molecule has 0 aromatic heterocycles. The van der Waals surface area contributed by atoms with Crippen LogP contribution in [0.3, 0.4) is 0 Å². The monoisotopic (exact) mass is 268 g/mol. The first-order chi connectivity index (χ1) is 9.67. The van der Waals surface area contributed by atoms with Crippen LogP contribution in [0.1, 0.15) is 35.6 Å². The molecule has 0 bridgehead atoms. The number of hydrogen-bond acceptors (Lipinski definition) is 2. The van der Waals surface area contributed by atoms with Crippen LogP contribution in [0.2, 0.25) is 0 Å². The van der Waals surface area contributed by atoms with Crippen molar-refractivity contribution in [2.24, 2.45) is 0 Å². The van der Waals surface area contributed by atoms with Crippen molar-refractivity contribution in [3.63, 3.8) is 0 Å². The molecule has 0 saturated heterocycles. The van der Waals surface area contributed by atoms with Gasteiger partial charge in [-0.3, -0.25) is 0 Å². The second kappa shape index (κ2) is 4.95. The number of aryl methyl sites for hydroxylation is 1. The molecule has 104 valence electrons. The maximum absolute atomic E-state index is 10.9. The fourth-order valence-corrected chi connectivity index (χ4v) is 3.00. The molecular formula is C18H20O2. The molecule has 1 unspecified atom stereocenters. The van der Waals surface area contributed by atoms with Crippen LogP contribution in [-0.4, -0.2) is 12.2 Å². The molecule has 1 N–H and O–H groups in total. The highest BCUT2D eigenvalue weighted by Crippen LogP contribution is 2.56. The van der Waals surface area contributed by atoms with Gasteiger partial charge >= 0.3 is 0 Å². The van der Waals surface area contributed by atoms with Crippen molar-refractivity contribution in [1.29, 1.82) is 0 Å². The van der Waals surface area contributed by atoms with E-state index in [-0.39, 0.29) is 5.41 Å². The van der Waals surface area contributed by atoms with Crippen LogP contribution in [0.5, 0.6) is 5.75 Å². The third-order valence-electron chi connectivity index (χ3n) is 4.43. The Hall–Kier alpha value is -1.80. The largest absolute Gasteiger partial charge is 0.497 e. The lowest BCUT2D eigenvalue weighted by molar-refractivity contribution is 0.132. The highest BCUT2D eigenvalue weighted by molar-refractivity contribution is 5.42. The van der Waals surface area contributed by atoms with Gasteiger partial charge in [0.05, 0.1) is 13.2 Å². The first-order valence-electron chi connectivity index (χ1n) is 7.05. The highest BCUT2D eigenvalue weighted by atomic mass is 16.5. The van der Waals surface area contributed by atoms with E-state index in [9.17, 15) is 5.11 Å². The van der Waals surface area contributed by atoms with Crippen LogP contribution in [0, 0.1) is 6.92 Å². The Labute approximate surface area is 120 Å². The minimum absolute atomic E-state index is 0.0966. The number of rotatable bonds is 4. The summed E-state index contributed by atoms with van der Waals surface area (Å²) in [7, 11) is 1.66. The normalized spacial score (nSPS) is 17.6. The van der Waals surface area contributed by atoms with E-state index in [4.69, 9.17) is 4.74 Å². The number of methoxy groups -OCH3 is 1. The van der Waals surface area contributed by atoms with Gasteiger partial charge in [0.15, 0.2) is 0 Å². The zero-order valence-electron chi connectivity index (χ0n) is 12.0. The molecule has 1 aliphatic rings. The second-order valence-corrected chi connectivity index (χ2v) is 5.65. The Morgan fingerprint density at radius 3 is 2.35 bits per heavy atom. The maximum Gasteiger partial charge on any atom is 0.119 e. The molecular weight excluding hydrogens is 248 g/mol. The summed E-state index contributed by atoms with van der Waals surface area (Å²) in [6.07, 6.45) is 1.64. The lowest BCUT2D eigenvalue weighted by Crippen LogP contribution is -2.19. The molecule has 0 amide bonds. The summed E-state index contributed by atoms with van der Waals surface area (Å²) in [6, 6.07) is 16.2. The highest BCUT2D eigenvalue weighted by Gasteiger charge is 2.51. The van der Waals surface area contributed by atoms with E-state index < -0.39 is 6.10 Å². The fraction of sp³-hybridized carbons (Fsp3) is 0.333. The van der Waals surface area contributed by atoms with Gasteiger partial charge in [0.1, 0.15) is 5.75 Å². The van der Waals surface area contributed by atoms with Crippen molar-refractivity contribution in [1.82, 2.24) is 0 Å². The van der Waals surface area contributed by atoms with Crippen LogP contribution in [0.4, 0.5) is 0 Å². The zero-order chi connectivity index (χ0) is 14.2. The van der Waals surface area contributed by atoms with Crippen molar-refractivity contribution in [3.05, 3.63) is 65.2 Å². The lowest BCUT2D eigenvalue weighted by atomic mass is 9.84. The van der Waals surface area contributed by atoms with Gasteiger partial charge in [-0.15, -0.1) is 0 Å². The van der Waals surface area contributed by atoms with Crippen LogP contribution < -0.4 is 4.74 Å². The van der Waals surface area contributed by atoms with E-state index in [0.29, 0.717) is 0 Å². The van der Waals surface area contributed by atoms with Crippen LogP contribution in [-0.2, 0) is 5.41 Å². The molecule has 2 aromatic carbocycles. The first kappa shape index (κ1) is 13.2. The van der Waals surface area contributed by atoms with Gasteiger partial charge in [0.25, 0.3) is 0 Å². The topological polar surface area (TPSA) is 29.5 Å². The van der Waals surface area contributed by atoms with Gasteiger partial charge < -0.3 is 9.84 Å². The van der Waals surface area contributed by atoms with E-state index in [0.717, 1.165) is 29.7 Å². The summed E-state index contributed by atoms with van der Waals surface area (Å²) in [4.78, 5) is 0. The molecule has 1 atom stereocenters. The van der Waals surface area contributed by atoms with Crippen molar-refractivity contribution < 1.29 is 9.84 Å². The van der Waals surface area contributed by atoms with Crippen molar-refractivity contribution in [3.8, 4) is 5.75 Å². The van der Waals surface area contributed by atoms with E-state index >= 15 is 0 Å². The average molecular weight is 268 g/mol. The first-order valence-corrected chi connectivity index (χ1v) is 7.05. The SMILES string of the molecule is COc1ccc(C(O)C2(c3ccccc3)CC2)c(C)c1. The summed E-state index contributed by atoms with van der Waals surface area (Å²) < 4.78 is 5.23. The van der Waals surface area contributed by atoms with E-state index in [2.05, 4.69) is 12.1 Å². The molecule has 1 aliphatic carbocycles. The zero-order valence-corrected chi connectivity index (χ0v) is 12.0. The Balaban J connectivity index is 1.95. The number of hydrogen-bond donors (Lipinski definition) is 1. The molecule has 20 heavy (non-hydrogen) atoms. The molecule has 1 saturated carbocycles. The van der Waals surface area contributed by atoms with Crippen LogP contribution in [0.25, 0.3) is 0 Å². The van der Waals surface area contributed by atoms with Gasteiger partial charge in [-0.1, -0.05) is 36.4 Å². The van der Waals surface area contributed by atoms with Crippen molar-refractivity contribution in [2.75, 3.05) is 7.11 Å². The summed E-state index contributed by atoms with van der Waals surface area (Å²) in [5, 5.41) is 10.9. The molecule has 1 fully saturated rings. The van der Waals surface area contributed by atoms with E-state index in [1.54, 1.807) is 7.11 Å². The van der Waals surface area contributed by atoms with Gasteiger partial charge in [0, 0.05) is 5.41 Å². The minimum atomic E-state index is -0.448. The van der Waals surface area contributed by atoms with Gasteiger partial charge in [0.2, 0.25) is 0 Å². The average Bonchev–Trinajstić information content (AvgIpc) is 3.29. The third-order valence-corrected chi connectivity index (χ3v) is 4.43. The Kier molecular flexibility index (Phi) is 3.27. The second-order valence-electron chi connectivity index (χ2n) is 5.65. The quantitative estimate of drug-likeness (QED) is 0.914. The third kappa shape index (κ3) is 2.10. The number of aliphatic hydroxyl groups excluding tert-OH is 1. The molecule has 0 radical (unpaired) electrons. The summed E-state index contributed by atoms with van der Waals surface area (Å²) in [6.45, 7) is 2.03. The molecule has 3 rings (SSSR count). The van der Waals surface area contributed by atoms with Gasteiger partial charge in [-0.05, 0) is 48.6 Å². The van der Waals surface area contributed by atoms with Crippen LogP contribution in [0.15, 0.2) is 48.5 Å². The summed E-state index contributed by atoms with van der Waals surface area (Å²) >= 11 is 0. The molecule has 2 aromatic rings. The molecule has 2 heteroatoms. The van der Waals surface area contributed by atoms with Crippen LogP contribution >= 0.6 is 0 Å². The molecule has 0 heterocycles. The Bertz CT molecular complexity index is 600. The molecule has 2 nitrogen and oxygen atoms in total. The van der Waals surface area contributed by atoms with Gasteiger partial charge in [-0.25, -0.2) is 0 Å². The van der Waals surface area contributed by atoms with Gasteiger partial charge in [-0.2, -0.15) is 0 Å². The number of benzene rings is 2.